The van der Waals surface area contributed by atoms with E-state index in [0.29, 0.717) is 0 Å². The van der Waals surface area contributed by atoms with Gasteiger partial charge in [0.1, 0.15) is 0 Å². The Labute approximate surface area is 170 Å². The van der Waals surface area contributed by atoms with E-state index in [1.807, 2.05) is 54.6 Å². The number of rotatable bonds is 4. The van der Waals surface area contributed by atoms with Crippen LogP contribution in [0.3, 0.4) is 0 Å². The quantitative estimate of drug-likeness (QED) is 0.868. The molecule has 0 aliphatic carbocycles. The van der Waals surface area contributed by atoms with Crippen LogP contribution < -0.4 is 10.2 Å². The fraction of sp³-hybridized carbons (Fsp3) is 0.304. The van der Waals surface area contributed by atoms with Gasteiger partial charge >= 0.3 is 0 Å². The van der Waals surface area contributed by atoms with Crippen LogP contribution in [0.4, 0.5) is 11.4 Å². The molecule has 4 rings (SSSR count). The lowest BCUT2D eigenvalue weighted by atomic mass is 9.93. The summed E-state index contributed by atoms with van der Waals surface area (Å²) in [6.07, 6.45) is 3.88. The van der Waals surface area contributed by atoms with Crippen LogP contribution in [0.2, 0.25) is 0 Å². The maximum Gasteiger partial charge on any atom is 0.226 e. The highest BCUT2D eigenvalue weighted by atomic mass is 16.5. The van der Waals surface area contributed by atoms with Gasteiger partial charge in [-0.25, -0.2) is 0 Å². The molecule has 6 heteroatoms. The van der Waals surface area contributed by atoms with Gasteiger partial charge in [0.05, 0.1) is 25.7 Å². The first-order valence-electron chi connectivity index (χ1n) is 9.90. The predicted octanol–water partition coefficient (Wildman–Crippen LogP) is 3.43. The van der Waals surface area contributed by atoms with Crippen LogP contribution in [0, 0.1) is 0 Å². The molecule has 6 nitrogen and oxygen atoms in total. The Balaban J connectivity index is 1.44. The highest BCUT2D eigenvalue weighted by Gasteiger charge is 2.28. The number of hydrogen-bond acceptors (Lipinski definition) is 4. The average Bonchev–Trinajstić information content (AvgIpc) is 2.75. The molecule has 1 N–H and O–H groups in total. The number of morpholine rings is 1. The Morgan fingerprint density at radius 1 is 1.07 bits per heavy atom. The van der Waals surface area contributed by atoms with E-state index >= 15 is 0 Å². The fourth-order valence-electron chi connectivity index (χ4n) is 3.88. The van der Waals surface area contributed by atoms with Crippen LogP contribution >= 0.6 is 0 Å². The van der Waals surface area contributed by atoms with Gasteiger partial charge in [0.15, 0.2) is 0 Å². The van der Waals surface area contributed by atoms with Crippen molar-refractivity contribution < 1.29 is 14.3 Å². The highest BCUT2D eigenvalue weighted by molar-refractivity contribution is 5.92. The van der Waals surface area contributed by atoms with Gasteiger partial charge < -0.3 is 19.9 Å². The number of amides is 2. The molecule has 2 aromatic carbocycles. The van der Waals surface area contributed by atoms with E-state index in [9.17, 15) is 9.59 Å². The number of benzene rings is 2. The van der Waals surface area contributed by atoms with Crippen molar-refractivity contribution in [3.05, 3.63) is 65.9 Å². The van der Waals surface area contributed by atoms with Crippen LogP contribution in [-0.2, 0) is 14.3 Å². The summed E-state index contributed by atoms with van der Waals surface area (Å²) >= 11 is 0. The molecule has 0 spiro atoms. The van der Waals surface area contributed by atoms with Gasteiger partial charge in [0.25, 0.3) is 0 Å². The standard InChI is InChI=1S/C23H25N3O3/c1-17(27)26-11-10-18-4-2-3-5-21(18)22(26)16-23(28)24-19-6-8-20(9-7-19)25-12-14-29-15-13-25/h2-11,22H,12-16H2,1H3,(H,24,28)/t22-/m1/s1. The Bertz CT molecular complexity index is 917. The van der Waals surface area contributed by atoms with Crippen molar-refractivity contribution in [2.45, 2.75) is 19.4 Å². The van der Waals surface area contributed by atoms with Crippen LogP contribution in [-0.4, -0.2) is 43.0 Å². The number of nitrogens with one attached hydrogen (secondary N) is 1. The largest absolute Gasteiger partial charge is 0.378 e. The van der Waals surface area contributed by atoms with Gasteiger partial charge in [0.2, 0.25) is 11.8 Å². The van der Waals surface area contributed by atoms with Crippen molar-refractivity contribution in [2.75, 3.05) is 36.5 Å². The van der Waals surface area contributed by atoms with Gasteiger partial charge in [-0.05, 0) is 41.5 Å². The van der Waals surface area contributed by atoms with Crippen molar-refractivity contribution in [3.8, 4) is 0 Å². The third kappa shape index (κ3) is 4.32. The minimum Gasteiger partial charge on any atom is -0.378 e. The number of anilines is 2. The SMILES string of the molecule is CC(=O)N1C=Cc2ccccc2[C@H]1CC(=O)Nc1ccc(N2CCOCC2)cc1. The normalized spacial score (nSPS) is 18.3. The molecule has 2 aromatic rings. The van der Waals surface area contributed by atoms with E-state index < -0.39 is 0 Å². The first-order valence-corrected chi connectivity index (χ1v) is 9.90. The molecule has 2 heterocycles. The van der Waals surface area contributed by atoms with Crippen LogP contribution in [0.15, 0.2) is 54.7 Å². The first-order chi connectivity index (χ1) is 14.1. The van der Waals surface area contributed by atoms with Gasteiger partial charge in [-0.15, -0.1) is 0 Å². The minimum absolute atomic E-state index is 0.0802. The summed E-state index contributed by atoms with van der Waals surface area (Å²) in [7, 11) is 0. The zero-order valence-electron chi connectivity index (χ0n) is 16.5. The number of ether oxygens (including phenoxy) is 1. The lowest BCUT2D eigenvalue weighted by molar-refractivity contribution is -0.129. The average molecular weight is 391 g/mol. The number of carbonyl (C=O) groups excluding carboxylic acids is 2. The maximum absolute atomic E-state index is 12.7. The molecule has 29 heavy (non-hydrogen) atoms. The Kier molecular flexibility index (Phi) is 5.62. The van der Waals surface area contributed by atoms with Gasteiger partial charge in [-0.1, -0.05) is 24.3 Å². The maximum atomic E-state index is 12.7. The van der Waals surface area contributed by atoms with Gasteiger partial charge in [-0.2, -0.15) is 0 Å². The molecule has 1 saturated heterocycles. The summed E-state index contributed by atoms with van der Waals surface area (Å²) in [5.74, 6) is -0.200. The summed E-state index contributed by atoms with van der Waals surface area (Å²) in [5, 5.41) is 2.97. The Hall–Kier alpha value is -3.12. The fourth-order valence-corrected chi connectivity index (χ4v) is 3.88. The minimum atomic E-state index is -0.304. The lowest BCUT2D eigenvalue weighted by Gasteiger charge is -2.32. The third-order valence-corrected chi connectivity index (χ3v) is 5.38. The first kappa shape index (κ1) is 19.2. The third-order valence-electron chi connectivity index (χ3n) is 5.38. The molecule has 2 aliphatic heterocycles. The van der Waals surface area contributed by atoms with Crippen LogP contribution in [0.1, 0.15) is 30.5 Å². The van der Waals surface area contributed by atoms with Crippen molar-refractivity contribution in [1.29, 1.82) is 0 Å². The molecule has 2 aliphatic rings. The lowest BCUT2D eigenvalue weighted by Crippen LogP contribution is -2.36. The second kappa shape index (κ2) is 8.49. The molecule has 0 radical (unpaired) electrons. The van der Waals surface area contributed by atoms with Crippen molar-refractivity contribution in [2.24, 2.45) is 0 Å². The van der Waals surface area contributed by atoms with Crippen LogP contribution in [0.5, 0.6) is 0 Å². The molecule has 0 saturated carbocycles. The molecular weight excluding hydrogens is 366 g/mol. The topological polar surface area (TPSA) is 61.9 Å². The molecule has 0 aromatic heterocycles. The number of fused-ring (bicyclic) bond motifs is 1. The molecule has 1 fully saturated rings. The van der Waals surface area contributed by atoms with E-state index in [0.717, 1.165) is 48.8 Å². The Morgan fingerprint density at radius 3 is 2.52 bits per heavy atom. The number of carbonyl (C=O) groups is 2. The molecule has 150 valence electrons. The molecule has 1 atom stereocenters. The van der Waals surface area contributed by atoms with E-state index in [4.69, 9.17) is 4.74 Å². The van der Waals surface area contributed by atoms with Crippen molar-refractivity contribution >= 4 is 29.3 Å². The summed E-state index contributed by atoms with van der Waals surface area (Å²) in [4.78, 5) is 28.7. The molecule has 0 bridgehead atoms. The zero-order chi connectivity index (χ0) is 20.2. The van der Waals surface area contributed by atoms with Gasteiger partial charge in [-0.3, -0.25) is 9.59 Å². The van der Waals surface area contributed by atoms with Crippen LogP contribution in [0.25, 0.3) is 6.08 Å². The predicted molar refractivity (Wildman–Crippen MR) is 113 cm³/mol. The highest BCUT2D eigenvalue weighted by Crippen LogP contribution is 2.33. The smallest absolute Gasteiger partial charge is 0.226 e. The monoisotopic (exact) mass is 391 g/mol. The molecule has 2 amide bonds. The Morgan fingerprint density at radius 2 is 1.79 bits per heavy atom. The number of hydrogen-bond donors (Lipinski definition) is 1. The number of nitrogens with zero attached hydrogens (tertiary/aromatic N) is 2. The van der Waals surface area contributed by atoms with E-state index in [1.54, 1.807) is 11.1 Å². The second-order valence-corrected chi connectivity index (χ2v) is 7.29. The van der Waals surface area contributed by atoms with Crippen molar-refractivity contribution in [3.63, 3.8) is 0 Å². The second-order valence-electron chi connectivity index (χ2n) is 7.29. The van der Waals surface area contributed by atoms with E-state index in [1.165, 1.54) is 6.92 Å². The van der Waals surface area contributed by atoms with E-state index in [-0.39, 0.29) is 24.3 Å². The summed E-state index contributed by atoms with van der Waals surface area (Å²) in [6, 6.07) is 15.4. The summed E-state index contributed by atoms with van der Waals surface area (Å²) < 4.78 is 5.39. The summed E-state index contributed by atoms with van der Waals surface area (Å²) in [6.45, 7) is 4.75. The van der Waals surface area contributed by atoms with Crippen molar-refractivity contribution in [1.82, 2.24) is 4.90 Å². The summed E-state index contributed by atoms with van der Waals surface area (Å²) in [5.41, 5.74) is 3.90. The molecular formula is C23H25N3O3. The molecule has 0 unspecified atom stereocenters. The van der Waals surface area contributed by atoms with E-state index in [2.05, 4.69) is 10.2 Å². The zero-order valence-corrected chi connectivity index (χ0v) is 16.5. The van der Waals surface area contributed by atoms with Gasteiger partial charge in [0, 0.05) is 37.6 Å².